The molecule has 2 N–H and O–H groups in total. The van der Waals surface area contributed by atoms with Crippen LogP contribution in [0.4, 0.5) is 5.69 Å². The summed E-state index contributed by atoms with van der Waals surface area (Å²) in [5.74, 6) is 2.02. The maximum Gasteiger partial charge on any atom is 0.231 e. The van der Waals surface area contributed by atoms with Gasteiger partial charge in [0.25, 0.3) is 0 Å². The molecule has 4 rings (SSSR count). The monoisotopic (exact) mass is 561 g/mol. The van der Waals surface area contributed by atoms with E-state index in [1.807, 2.05) is 36.4 Å². The molecule has 214 valence electrons. The molecule has 0 aliphatic heterocycles. The van der Waals surface area contributed by atoms with E-state index < -0.39 is 8.07 Å². The van der Waals surface area contributed by atoms with Crippen LogP contribution in [-0.2, 0) is 11.5 Å². The minimum atomic E-state index is -1.20. The van der Waals surface area contributed by atoms with Crippen molar-refractivity contribution in [2.24, 2.45) is 0 Å². The largest absolute Gasteiger partial charge is 0.494 e. The van der Waals surface area contributed by atoms with Gasteiger partial charge in [0, 0.05) is 26.9 Å². The molecule has 0 unspecified atom stereocenters. The number of nitrogen functional groups attached to an aromatic ring is 1. The van der Waals surface area contributed by atoms with Gasteiger partial charge in [0.2, 0.25) is 5.88 Å². The fraction of sp³-hybridized carbons (Fsp3) is 0.419. The highest BCUT2D eigenvalue weighted by Crippen LogP contribution is 2.34. The molecule has 0 amide bonds. The smallest absolute Gasteiger partial charge is 0.231 e. The molecule has 2 aromatic heterocycles. The summed E-state index contributed by atoms with van der Waals surface area (Å²) in [7, 11) is -1.20. The quantitative estimate of drug-likeness (QED) is 0.0960. The molecule has 2 aromatic carbocycles. The number of anilines is 1. The van der Waals surface area contributed by atoms with Gasteiger partial charge < -0.3 is 29.4 Å². The lowest BCUT2D eigenvalue weighted by atomic mass is 10.1. The lowest BCUT2D eigenvalue weighted by Crippen LogP contribution is -2.25. The zero-order valence-corrected chi connectivity index (χ0v) is 25.5. The molecular weight excluding hydrogens is 518 g/mol. The predicted molar refractivity (Wildman–Crippen MR) is 166 cm³/mol. The van der Waals surface area contributed by atoms with E-state index in [1.54, 1.807) is 0 Å². The van der Waals surface area contributed by atoms with Gasteiger partial charge in [0.1, 0.15) is 30.2 Å². The highest BCUT2D eigenvalue weighted by atomic mass is 28.3. The molecule has 0 fully saturated rings. The molecule has 2 heterocycles. The summed E-state index contributed by atoms with van der Waals surface area (Å²) in [5.41, 5.74) is 9.32. The number of rotatable bonds is 15. The molecule has 0 saturated carbocycles. The third-order valence-electron chi connectivity index (χ3n) is 6.90. The predicted octanol–water partition coefficient (Wildman–Crippen LogP) is 6.90. The number of fused-ring (bicyclic) bond motifs is 1. The highest BCUT2D eigenvalue weighted by molar-refractivity contribution is 6.76. The molecule has 8 nitrogen and oxygen atoms in total. The molecule has 0 aliphatic rings. The Kier molecular flexibility index (Phi) is 10.2. The van der Waals surface area contributed by atoms with E-state index >= 15 is 0 Å². The first-order valence-corrected chi connectivity index (χ1v) is 17.9. The van der Waals surface area contributed by atoms with Crippen molar-refractivity contribution in [3.63, 3.8) is 0 Å². The second kappa shape index (κ2) is 13.8. The SMILES string of the molecule is CCN(CC)CCCOc1ccc(-c2cc3c(Oc4ccc(N)cc4)ncnc3n2COCC[Si](C)(C)C)cc1. The Labute approximate surface area is 239 Å². The molecule has 0 radical (unpaired) electrons. The van der Waals surface area contributed by atoms with Crippen LogP contribution in [0.2, 0.25) is 25.7 Å². The second-order valence-corrected chi connectivity index (χ2v) is 16.8. The van der Waals surface area contributed by atoms with E-state index in [0.29, 0.717) is 30.7 Å². The second-order valence-electron chi connectivity index (χ2n) is 11.1. The van der Waals surface area contributed by atoms with Gasteiger partial charge in [-0.05, 0) is 85.7 Å². The number of hydrogen-bond acceptors (Lipinski definition) is 7. The minimum Gasteiger partial charge on any atom is -0.494 e. The van der Waals surface area contributed by atoms with Crippen LogP contribution in [0.25, 0.3) is 22.3 Å². The summed E-state index contributed by atoms with van der Waals surface area (Å²) in [4.78, 5) is 11.5. The lowest BCUT2D eigenvalue weighted by molar-refractivity contribution is 0.0909. The van der Waals surface area contributed by atoms with Gasteiger partial charge in [-0.3, -0.25) is 0 Å². The Morgan fingerprint density at radius 2 is 1.60 bits per heavy atom. The standard InChI is InChI=1S/C31H43N5O3Si/c1-6-35(7-2)17-8-18-38-26-13-9-24(10-14-26)29-21-28-30(36(29)23-37-19-20-40(3,4)5)33-22-34-31(28)39-27-15-11-25(32)12-16-27/h9-16,21-22H,6-8,17-20,23,32H2,1-5H3. The summed E-state index contributed by atoms with van der Waals surface area (Å²) < 4.78 is 20.4. The van der Waals surface area contributed by atoms with Gasteiger partial charge in [0.15, 0.2) is 0 Å². The van der Waals surface area contributed by atoms with Crippen molar-refractivity contribution in [2.75, 3.05) is 38.6 Å². The summed E-state index contributed by atoms with van der Waals surface area (Å²) in [5, 5.41) is 0.819. The Morgan fingerprint density at radius 3 is 2.27 bits per heavy atom. The van der Waals surface area contributed by atoms with Crippen molar-refractivity contribution < 1.29 is 14.2 Å². The Balaban J connectivity index is 1.57. The molecule has 9 heteroatoms. The summed E-state index contributed by atoms with van der Waals surface area (Å²) in [6.45, 7) is 16.4. The Morgan fingerprint density at radius 1 is 0.900 bits per heavy atom. The Hall–Kier alpha value is -3.40. The van der Waals surface area contributed by atoms with Crippen molar-refractivity contribution in [2.45, 2.75) is 52.7 Å². The molecule has 0 aliphatic carbocycles. The molecule has 40 heavy (non-hydrogen) atoms. The average Bonchev–Trinajstić information content (AvgIpc) is 3.32. The third kappa shape index (κ3) is 8.06. The zero-order valence-electron chi connectivity index (χ0n) is 24.5. The topological polar surface area (TPSA) is 87.7 Å². The first kappa shape index (κ1) is 29.6. The van der Waals surface area contributed by atoms with Crippen LogP contribution in [0.1, 0.15) is 20.3 Å². The fourth-order valence-corrected chi connectivity index (χ4v) is 5.17. The van der Waals surface area contributed by atoms with E-state index in [0.717, 1.165) is 66.7 Å². The van der Waals surface area contributed by atoms with Gasteiger partial charge >= 0.3 is 0 Å². The van der Waals surface area contributed by atoms with Crippen LogP contribution in [0.3, 0.4) is 0 Å². The fourth-order valence-electron chi connectivity index (χ4n) is 4.41. The third-order valence-corrected chi connectivity index (χ3v) is 8.60. The summed E-state index contributed by atoms with van der Waals surface area (Å²) >= 11 is 0. The highest BCUT2D eigenvalue weighted by Gasteiger charge is 2.18. The van der Waals surface area contributed by atoms with Crippen molar-refractivity contribution >= 4 is 24.8 Å². The number of nitrogens with two attached hydrogens (primary N) is 1. The van der Waals surface area contributed by atoms with E-state index in [4.69, 9.17) is 19.9 Å². The zero-order chi connectivity index (χ0) is 28.5. The van der Waals surface area contributed by atoms with Gasteiger partial charge in [-0.15, -0.1) is 0 Å². The number of nitrogens with zero attached hydrogens (tertiary/aromatic N) is 4. The normalized spacial score (nSPS) is 11.8. The number of aromatic nitrogens is 3. The van der Waals surface area contributed by atoms with E-state index in [9.17, 15) is 0 Å². The first-order valence-electron chi connectivity index (χ1n) is 14.2. The van der Waals surface area contributed by atoms with E-state index in [-0.39, 0.29) is 0 Å². The maximum absolute atomic E-state index is 6.18. The molecule has 0 bridgehead atoms. The Bertz CT molecular complexity index is 1350. The first-order chi connectivity index (χ1) is 19.3. The molecule has 4 aromatic rings. The summed E-state index contributed by atoms with van der Waals surface area (Å²) in [6, 6.07) is 18.7. The summed E-state index contributed by atoms with van der Waals surface area (Å²) in [6.07, 6.45) is 2.54. The van der Waals surface area contributed by atoms with Crippen LogP contribution >= 0.6 is 0 Å². The van der Waals surface area contributed by atoms with Gasteiger partial charge in [-0.25, -0.2) is 9.97 Å². The van der Waals surface area contributed by atoms with E-state index in [1.165, 1.54) is 6.33 Å². The number of ether oxygens (including phenoxy) is 3. The van der Waals surface area contributed by atoms with Gasteiger partial charge in [0.05, 0.1) is 17.7 Å². The maximum atomic E-state index is 6.18. The molecule has 0 saturated heterocycles. The minimum absolute atomic E-state index is 0.394. The van der Waals surface area contributed by atoms with Crippen LogP contribution in [0.15, 0.2) is 60.9 Å². The van der Waals surface area contributed by atoms with Crippen LogP contribution in [0.5, 0.6) is 17.4 Å². The molecule has 0 atom stereocenters. The van der Waals surface area contributed by atoms with Crippen molar-refractivity contribution in [3.8, 4) is 28.6 Å². The van der Waals surface area contributed by atoms with Crippen molar-refractivity contribution in [3.05, 3.63) is 60.9 Å². The van der Waals surface area contributed by atoms with Gasteiger partial charge in [-0.2, -0.15) is 0 Å². The lowest BCUT2D eigenvalue weighted by Gasteiger charge is -2.18. The number of benzene rings is 2. The van der Waals surface area contributed by atoms with Crippen LogP contribution in [0, 0.1) is 0 Å². The number of hydrogen-bond donors (Lipinski definition) is 1. The van der Waals surface area contributed by atoms with Gasteiger partial charge in [-0.1, -0.05) is 33.5 Å². The molecule has 0 spiro atoms. The van der Waals surface area contributed by atoms with Crippen LogP contribution < -0.4 is 15.2 Å². The molecular formula is C31H43N5O3Si. The average molecular weight is 562 g/mol. The van der Waals surface area contributed by atoms with Crippen LogP contribution in [-0.4, -0.2) is 60.4 Å². The van der Waals surface area contributed by atoms with Crippen molar-refractivity contribution in [1.29, 1.82) is 0 Å². The van der Waals surface area contributed by atoms with E-state index in [2.05, 4.69) is 71.1 Å². The van der Waals surface area contributed by atoms with Crippen molar-refractivity contribution in [1.82, 2.24) is 19.4 Å².